The Labute approximate surface area is 143 Å². The zero-order valence-electron chi connectivity index (χ0n) is 13.6. The first-order valence-corrected chi connectivity index (χ1v) is 8.16. The highest BCUT2D eigenvalue weighted by Gasteiger charge is 2.35. The summed E-state index contributed by atoms with van der Waals surface area (Å²) in [4.78, 5) is 28.3. The van der Waals surface area contributed by atoms with Gasteiger partial charge in [-0.1, -0.05) is 29.8 Å². The Bertz CT molecular complexity index is 818. The molecule has 6 nitrogen and oxygen atoms in total. The molecule has 1 N–H and O–H groups in total. The normalized spacial score (nSPS) is 9.96. The van der Waals surface area contributed by atoms with Crippen LogP contribution >= 0.6 is 11.3 Å². The number of esters is 1. The topological polar surface area (TPSA) is 91.8 Å². The predicted octanol–water partition coefficient (Wildman–Crippen LogP) is 3.18. The lowest BCUT2D eigenvalue weighted by atomic mass is 10.1. The molecule has 7 heteroatoms. The van der Waals surface area contributed by atoms with Crippen LogP contribution in [0.2, 0.25) is 0 Å². The number of nitrogens with one attached hydrogen (secondary N) is 1. The first kappa shape index (κ1) is 17.6. The summed E-state index contributed by atoms with van der Waals surface area (Å²) in [6.07, 6.45) is 0. The van der Waals surface area contributed by atoms with Crippen LogP contribution in [0.25, 0.3) is 16.0 Å². The molecule has 24 heavy (non-hydrogen) atoms. The van der Waals surface area contributed by atoms with E-state index in [0.29, 0.717) is 5.69 Å². The summed E-state index contributed by atoms with van der Waals surface area (Å²) in [6, 6.07) is 9.70. The third-order valence-electron chi connectivity index (χ3n) is 3.33. The van der Waals surface area contributed by atoms with E-state index in [1.54, 1.807) is 14.0 Å². The molecule has 0 saturated carbocycles. The Morgan fingerprint density at radius 3 is 2.50 bits per heavy atom. The van der Waals surface area contributed by atoms with E-state index in [9.17, 15) is 9.59 Å². The van der Waals surface area contributed by atoms with Gasteiger partial charge in [0.2, 0.25) is 0 Å². The van der Waals surface area contributed by atoms with Crippen molar-refractivity contribution in [2.75, 3.05) is 19.0 Å². The Balaban J connectivity index is 2.43. The summed E-state index contributed by atoms with van der Waals surface area (Å²) in [6.45, 7) is 3.69. The molecule has 0 aliphatic carbocycles. The van der Waals surface area contributed by atoms with Gasteiger partial charge >= 0.3 is 11.7 Å². The highest BCUT2D eigenvalue weighted by Crippen LogP contribution is 2.35. The van der Waals surface area contributed by atoms with Gasteiger partial charge in [-0.2, -0.15) is 4.79 Å². The lowest BCUT2D eigenvalue weighted by Gasteiger charge is -1.99. The average Bonchev–Trinajstić information content (AvgIpc) is 3.00. The second-order valence-electron chi connectivity index (χ2n) is 4.97. The maximum absolute atomic E-state index is 12.5. The van der Waals surface area contributed by atoms with E-state index in [4.69, 9.17) is 10.3 Å². The summed E-state index contributed by atoms with van der Waals surface area (Å²) in [5.74, 6) is -1.62. The van der Waals surface area contributed by atoms with Gasteiger partial charge in [0, 0.05) is 11.9 Å². The number of carbonyl (C=O) groups excluding carboxylic acids is 2. The van der Waals surface area contributed by atoms with Crippen LogP contribution in [-0.2, 0) is 9.53 Å². The number of Topliss-reactive ketones (excluding diaryl/α,β-unsaturated/α-hetero) is 1. The summed E-state index contributed by atoms with van der Waals surface area (Å²) < 4.78 is 4.75. The number of carbonyl (C=O) groups is 2. The van der Waals surface area contributed by atoms with Gasteiger partial charge < -0.3 is 15.6 Å². The number of benzene rings is 1. The molecule has 0 radical (unpaired) electrons. The first-order valence-electron chi connectivity index (χ1n) is 7.34. The Morgan fingerprint density at radius 2 is 1.96 bits per heavy atom. The molecule has 0 saturated heterocycles. The van der Waals surface area contributed by atoms with Crippen LogP contribution in [0.1, 0.15) is 22.2 Å². The molecule has 1 heterocycles. The van der Waals surface area contributed by atoms with Gasteiger partial charge in [-0.3, -0.25) is 4.79 Å². The fourth-order valence-electron chi connectivity index (χ4n) is 2.09. The first-order chi connectivity index (χ1) is 11.5. The number of aryl methyl sites for hydroxylation is 1. The fourth-order valence-corrected chi connectivity index (χ4v) is 3.20. The standard InChI is InChI=1S/C17H17N3O3S/c1-4-23-17(22)14(20-18)15(21)16-12(19-3)9-13(24-16)11-7-5-10(2)6-8-11/h5-9,19H,4H2,1-3H3. The van der Waals surface area contributed by atoms with E-state index in [1.165, 1.54) is 11.3 Å². The second kappa shape index (κ2) is 7.68. The van der Waals surface area contributed by atoms with E-state index in [2.05, 4.69) is 10.1 Å². The van der Waals surface area contributed by atoms with Crippen molar-refractivity contribution in [3.63, 3.8) is 0 Å². The lowest BCUT2D eigenvalue weighted by molar-refractivity contribution is -0.139. The molecule has 1 aromatic carbocycles. The van der Waals surface area contributed by atoms with Gasteiger partial charge in [-0.05, 0) is 25.5 Å². The molecular weight excluding hydrogens is 326 g/mol. The number of hydrogen-bond donors (Lipinski definition) is 1. The SMILES string of the molecule is CCOC(=O)C(=[N+]=[N-])C(=O)c1sc(-c2ccc(C)cc2)cc1NC. The van der Waals surface area contributed by atoms with E-state index < -0.39 is 17.5 Å². The van der Waals surface area contributed by atoms with Crippen LogP contribution in [0, 0.1) is 6.92 Å². The monoisotopic (exact) mass is 343 g/mol. The molecule has 124 valence electrons. The molecule has 0 amide bonds. The number of thiophene rings is 1. The molecule has 0 spiro atoms. The zero-order chi connectivity index (χ0) is 17.7. The summed E-state index contributed by atoms with van der Waals surface area (Å²) in [5.41, 5.74) is 11.0. The second-order valence-corrected chi connectivity index (χ2v) is 6.02. The lowest BCUT2D eigenvalue weighted by Crippen LogP contribution is -2.27. The van der Waals surface area contributed by atoms with Gasteiger partial charge in [-0.15, -0.1) is 11.3 Å². The molecule has 2 aromatic rings. The minimum absolute atomic E-state index is 0.0864. The van der Waals surface area contributed by atoms with Crippen LogP contribution in [0.5, 0.6) is 0 Å². The van der Waals surface area contributed by atoms with Gasteiger partial charge in [0.05, 0.1) is 12.3 Å². The number of ether oxygens (including phenoxy) is 1. The number of ketones is 1. The van der Waals surface area contributed by atoms with Crippen LogP contribution < -0.4 is 5.32 Å². The Kier molecular flexibility index (Phi) is 5.63. The van der Waals surface area contributed by atoms with Crippen LogP contribution in [-0.4, -0.2) is 35.9 Å². The zero-order valence-corrected chi connectivity index (χ0v) is 14.4. The third-order valence-corrected chi connectivity index (χ3v) is 4.51. The molecule has 0 fully saturated rings. The molecule has 0 atom stereocenters. The minimum atomic E-state index is -0.947. The number of rotatable bonds is 6. The largest absolute Gasteiger partial charge is 0.457 e. The third kappa shape index (κ3) is 3.59. The van der Waals surface area contributed by atoms with Crippen molar-refractivity contribution in [3.8, 4) is 10.4 Å². The van der Waals surface area contributed by atoms with Crippen molar-refractivity contribution < 1.29 is 19.1 Å². The summed E-state index contributed by atoms with van der Waals surface area (Å²) in [7, 11) is 1.68. The Morgan fingerprint density at radius 1 is 1.29 bits per heavy atom. The molecular formula is C17H17N3O3S. The van der Waals surface area contributed by atoms with Crippen molar-refractivity contribution in [2.24, 2.45) is 0 Å². The van der Waals surface area contributed by atoms with Crippen LogP contribution in [0.15, 0.2) is 30.3 Å². The van der Waals surface area contributed by atoms with Gasteiger partial charge in [0.1, 0.15) is 4.88 Å². The summed E-state index contributed by atoms with van der Waals surface area (Å²) >= 11 is 1.22. The van der Waals surface area contributed by atoms with Crippen LogP contribution in [0.4, 0.5) is 5.69 Å². The van der Waals surface area contributed by atoms with E-state index >= 15 is 0 Å². The van der Waals surface area contributed by atoms with Crippen molar-refractivity contribution in [1.29, 1.82) is 0 Å². The van der Waals surface area contributed by atoms with Crippen LogP contribution in [0.3, 0.4) is 0 Å². The molecule has 2 rings (SSSR count). The quantitative estimate of drug-likeness (QED) is 0.218. The van der Waals surface area contributed by atoms with Gasteiger partial charge in [0.15, 0.2) is 0 Å². The van der Waals surface area contributed by atoms with E-state index in [1.807, 2.05) is 37.3 Å². The van der Waals surface area contributed by atoms with Crippen molar-refractivity contribution in [2.45, 2.75) is 13.8 Å². The summed E-state index contributed by atoms with van der Waals surface area (Å²) in [5, 5.41) is 2.93. The maximum Gasteiger partial charge on any atom is 0.447 e. The van der Waals surface area contributed by atoms with Crippen molar-refractivity contribution in [1.82, 2.24) is 0 Å². The smallest absolute Gasteiger partial charge is 0.447 e. The van der Waals surface area contributed by atoms with Gasteiger partial charge in [0.25, 0.3) is 5.78 Å². The number of hydrogen-bond acceptors (Lipinski definition) is 5. The highest BCUT2D eigenvalue weighted by atomic mass is 32.1. The molecule has 0 aliphatic rings. The number of anilines is 1. The van der Waals surface area contributed by atoms with Crippen molar-refractivity contribution >= 4 is 34.5 Å². The Hall–Kier alpha value is -2.76. The molecule has 0 unspecified atom stereocenters. The fraction of sp³-hybridized carbons (Fsp3) is 0.235. The molecule has 0 bridgehead atoms. The maximum atomic E-state index is 12.5. The van der Waals surface area contributed by atoms with E-state index in [0.717, 1.165) is 16.0 Å². The predicted molar refractivity (Wildman–Crippen MR) is 93.6 cm³/mol. The van der Waals surface area contributed by atoms with Crippen molar-refractivity contribution in [3.05, 3.63) is 46.3 Å². The van der Waals surface area contributed by atoms with E-state index in [-0.39, 0.29) is 11.5 Å². The number of nitrogens with zero attached hydrogens (tertiary/aromatic N) is 2. The molecule has 0 aliphatic heterocycles. The average molecular weight is 343 g/mol. The highest BCUT2D eigenvalue weighted by molar-refractivity contribution is 7.19. The molecule has 1 aromatic heterocycles. The minimum Gasteiger partial charge on any atom is -0.457 e. The van der Waals surface area contributed by atoms with Gasteiger partial charge in [-0.25, -0.2) is 4.79 Å².